The number of hydrogen-bond acceptors (Lipinski definition) is 2. The lowest BCUT2D eigenvalue weighted by molar-refractivity contribution is -0.125. The molecule has 0 atom stereocenters. The van der Waals surface area contributed by atoms with Gasteiger partial charge < -0.3 is 5.32 Å². The molecule has 0 aliphatic heterocycles. The number of carbonyl (C=O) groups is 2. The molecular formula is C12H22ClNO2. The summed E-state index contributed by atoms with van der Waals surface area (Å²) in [6.45, 7) is 4.71. The predicted molar refractivity (Wildman–Crippen MR) is 66.4 cm³/mol. The van der Waals surface area contributed by atoms with Gasteiger partial charge in [0.2, 0.25) is 11.1 Å². The first kappa shape index (κ1) is 15.4. The van der Waals surface area contributed by atoms with Crippen molar-refractivity contribution >= 4 is 22.8 Å². The summed E-state index contributed by atoms with van der Waals surface area (Å²) in [5, 5.41) is 2.52. The van der Waals surface area contributed by atoms with Crippen LogP contribution in [0.4, 0.5) is 0 Å². The molecule has 0 aromatic carbocycles. The van der Waals surface area contributed by atoms with Crippen molar-refractivity contribution in [2.24, 2.45) is 5.92 Å². The molecule has 0 aromatic rings. The Kier molecular flexibility index (Phi) is 9.30. The van der Waals surface area contributed by atoms with Crippen LogP contribution in [0.25, 0.3) is 0 Å². The van der Waals surface area contributed by atoms with Crippen molar-refractivity contribution in [3.05, 3.63) is 0 Å². The van der Waals surface area contributed by atoms with Gasteiger partial charge in [0, 0.05) is 18.9 Å². The lowest BCUT2D eigenvalue weighted by Gasteiger charge is -2.14. The maximum absolute atomic E-state index is 11.7. The molecule has 0 aliphatic rings. The Labute approximate surface area is 103 Å². The van der Waals surface area contributed by atoms with Gasteiger partial charge in [-0.05, 0) is 30.9 Å². The van der Waals surface area contributed by atoms with Gasteiger partial charge in [-0.15, -0.1) is 0 Å². The fourth-order valence-corrected chi connectivity index (χ4v) is 1.82. The molecule has 0 rings (SSSR count). The van der Waals surface area contributed by atoms with E-state index in [0.717, 1.165) is 25.7 Å². The van der Waals surface area contributed by atoms with Crippen LogP contribution in [0.3, 0.4) is 0 Å². The van der Waals surface area contributed by atoms with Gasteiger partial charge in [-0.3, -0.25) is 9.59 Å². The van der Waals surface area contributed by atoms with E-state index in [1.807, 2.05) is 0 Å². The molecule has 3 nitrogen and oxygen atoms in total. The maximum Gasteiger partial charge on any atom is 0.223 e. The van der Waals surface area contributed by atoms with Gasteiger partial charge in [-0.25, -0.2) is 0 Å². The van der Waals surface area contributed by atoms with Crippen LogP contribution in [-0.2, 0) is 9.59 Å². The standard InChI is InChI=1S/C12H22ClNO2/c1-3-6-10(7-4-2)12(16)14-9-5-8-11(13)15/h10H,3-9H2,1-2H3,(H,14,16). The smallest absolute Gasteiger partial charge is 0.223 e. The molecule has 16 heavy (non-hydrogen) atoms. The third kappa shape index (κ3) is 7.69. The van der Waals surface area contributed by atoms with Crippen molar-refractivity contribution in [1.82, 2.24) is 5.32 Å². The predicted octanol–water partition coefficient (Wildman–Crippen LogP) is 2.86. The Bertz CT molecular complexity index is 213. The Morgan fingerprint density at radius 1 is 1.19 bits per heavy atom. The number of halogens is 1. The minimum atomic E-state index is -0.340. The van der Waals surface area contributed by atoms with Gasteiger partial charge in [0.15, 0.2) is 0 Å². The molecule has 1 N–H and O–H groups in total. The fraction of sp³-hybridized carbons (Fsp3) is 0.833. The number of nitrogens with one attached hydrogen (secondary N) is 1. The second kappa shape index (κ2) is 9.64. The SMILES string of the molecule is CCCC(CCC)C(=O)NCCCC(=O)Cl. The molecule has 0 aliphatic carbocycles. The topological polar surface area (TPSA) is 46.2 Å². The van der Waals surface area contributed by atoms with Gasteiger partial charge in [-0.2, -0.15) is 0 Å². The molecule has 0 heterocycles. The summed E-state index contributed by atoms with van der Waals surface area (Å²) < 4.78 is 0. The first-order chi connectivity index (χ1) is 7.61. The highest BCUT2D eigenvalue weighted by Crippen LogP contribution is 2.13. The highest BCUT2D eigenvalue weighted by Gasteiger charge is 2.15. The molecule has 0 bridgehead atoms. The Hall–Kier alpha value is -0.570. The third-order valence-electron chi connectivity index (χ3n) is 2.49. The van der Waals surface area contributed by atoms with Crippen LogP contribution in [0, 0.1) is 5.92 Å². The van der Waals surface area contributed by atoms with E-state index in [2.05, 4.69) is 19.2 Å². The first-order valence-corrected chi connectivity index (χ1v) is 6.45. The summed E-state index contributed by atoms with van der Waals surface area (Å²) in [6.07, 6.45) is 4.88. The average molecular weight is 248 g/mol. The second-order valence-corrected chi connectivity index (χ2v) is 4.45. The Balaban J connectivity index is 3.77. The van der Waals surface area contributed by atoms with E-state index in [9.17, 15) is 9.59 Å². The highest BCUT2D eigenvalue weighted by atomic mass is 35.5. The first-order valence-electron chi connectivity index (χ1n) is 6.07. The van der Waals surface area contributed by atoms with Crippen LogP contribution >= 0.6 is 11.6 Å². The van der Waals surface area contributed by atoms with Crippen molar-refractivity contribution in [2.45, 2.75) is 52.4 Å². The van der Waals surface area contributed by atoms with E-state index in [1.54, 1.807) is 0 Å². The molecule has 0 fully saturated rings. The number of hydrogen-bond donors (Lipinski definition) is 1. The number of amides is 1. The largest absolute Gasteiger partial charge is 0.356 e. The molecule has 4 heteroatoms. The number of rotatable bonds is 9. The molecule has 1 amide bonds. The van der Waals surface area contributed by atoms with Crippen LogP contribution in [0.1, 0.15) is 52.4 Å². The molecule has 0 aromatic heterocycles. The highest BCUT2D eigenvalue weighted by molar-refractivity contribution is 6.63. The summed E-state index contributed by atoms with van der Waals surface area (Å²) in [5.41, 5.74) is 0. The van der Waals surface area contributed by atoms with Gasteiger partial charge in [0.1, 0.15) is 0 Å². The summed E-state index contributed by atoms with van der Waals surface area (Å²) in [6, 6.07) is 0. The van der Waals surface area contributed by atoms with Crippen LogP contribution < -0.4 is 5.32 Å². The van der Waals surface area contributed by atoms with E-state index >= 15 is 0 Å². The summed E-state index contributed by atoms with van der Waals surface area (Å²) in [5.74, 6) is 0.243. The van der Waals surface area contributed by atoms with E-state index in [4.69, 9.17) is 11.6 Å². The molecule has 0 saturated carbocycles. The molecular weight excluding hydrogens is 226 g/mol. The summed E-state index contributed by atoms with van der Waals surface area (Å²) in [4.78, 5) is 22.2. The van der Waals surface area contributed by atoms with Crippen molar-refractivity contribution in [2.75, 3.05) is 6.54 Å². The van der Waals surface area contributed by atoms with Gasteiger partial charge in [0.25, 0.3) is 0 Å². The zero-order valence-corrected chi connectivity index (χ0v) is 11.0. The van der Waals surface area contributed by atoms with E-state index in [1.165, 1.54) is 0 Å². The lowest BCUT2D eigenvalue weighted by Crippen LogP contribution is -2.31. The number of carbonyl (C=O) groups excluding carboxylic acids is 2. The Morgan fingerprint density at radius 3 is 2.19 bits per heavy atom. The molecule has 94 valence electrons. The summed E-state index contributed by atoms with van der Waals surface area (Å²) in [7, 11) is 0. The van der Waals surface area contributed by atoms with Crippen molar-refractivity contribution < 1.29 is 9.59 Å². The monoisotopic (exact) mass is 247 g/mol. The van der Waals surface area contributed by atoms with Crippen LogP contribution in [0.2, 0.25) is 0 Å². The molecule has 0 spiro atoms. The average Bonchev–Trinajstić information content (AvgIpc) is 2.23. The molecule has 0 saturated heterocycles. The van der Waals surface area contributed by atoms with Crippen LogP contribution in [-0.4, -0.2) is 17.7 Å². The molecule has 0 unspecified atom stereocenters. The van der Waals surface area contributed by atoms with Gasteiger partial charge in [0.05, 0.1) is 0 Å². The fourth-order valence-electron chi connectivity index (χ4n) is 1.69. The van der Waals surface area contributed by atoms with E-state index in [-0.39, 0.29) is 17.1 Å². The third-order valence-corrected chi connectivity index (χ3v) is 2.68. The van der Waals surface area contributed by atoms with Gasteiger partial charge >= 0.3 is 0 Å². The van der Waals surface area contributed by atoms with Crippen molar-refractivity contribution in [3.63, 3.8) is 0 Å². The molecule has 0 radical (unpaired) electrons. The quantitative estimate of drug-likeness (QED) is 0.503. The van der Waals surface area contributed by atoms with Crippen LogP contribution in [0.5, 0.6) is 0 Å². The summed E-state index contributed by atoms with van der Waals surface area (Å²) >= 11 is 5.20. The van der Waals surface area contributed by atoms with Crippen molar-refractivity contribution in [1.29, 1.82) is 0 Å². The van der Waals surface area contributed by atoms with E-state index in [0.29, 0.717) is 19.4 Å². The van der Waals surface area contributed by atoms with Gasteiger partial charge in [-0.1, -0.05) is 26.7 Å². The minimum absolute atomic E-state index is 0.116. The normalized spacial score (nSPS) is 10.5. The lowest BCUT2D eigenvalue weighted by atomic mass is 9.97. The minimum Gasteiger partial charge on any atom is -0.356 e. The maximum atomic E-state index is 11.7. The Morgan fingerprint density at radius 2 is 1.75 bits per heavy atom. The van der Waals surface area contributed by atoms with Crippen LogP contribution in [0.15, 0.2) is 0 Å². The van der Waals surface area contributed by atoms with Crippen molar-refractivity contribution in [3.8, 4) is 0 Å². The zero-order chi connectivity index (χ0) is 12.4. The zero-order valence-electron chi connectivity index (χ0n) is 10.2. The van der Waals surface area contributed by atoms with E-state index < -0.39 is 0 Å². The second-order valence-electron chi connectivity index (χ2n) is 4.02.